The first-order valence-corrected chi connectivity index (χ1v) is 12.0. The Hall–Kier alpha value is -2.80. The van der Waals surface area contributed by atoms with Crippen LogP contribution in [-0.2, 0) is 20.8 Å². The molecule has 2 heterocycles. The molecule has 2 fully saturated rings. The molecule has 2 aromatic rings. The Balaban J connectivity index is 1.26. The van der Waals surface area contributed by atoms with Gasteiger partial charge in [-0.1, -0.05) is 0 Å². The van der Waals surface area contributed by atoms with Gasteiger partial charge in [0.15, 0.2) is 0 Å². The summed E-state index contributed by atoms with van der Waals surface area (Å²) in [6.45, 7) is 1.08. The Kier molecular flexibility index (Phi) is 5.22. The van der Waals surface area contributed by atoms with Crippen LogP contribution in [0.4, 0.5) is 17.1 Å². The molecule has 1 aliphatic carbocycles. The smallest absolute Gasteiger partial charge is 0.230 e. The van der Waals surface area contributed by atoms with Crippen LogP contribution in [0.5, 0.6) is 0 Å². The molecule has 0 spiro atoms. The molecule has 0 radical (unpaired) electrons. The van der Waals surface area contributed by atoms with Crippen LogP contribution in [0.1, 0.15) is 24.8 Å². The monoisotopic (exact) mass is 435 g/mol. The Morgan fingerprint density at radius 1 is 1.06 bits per heavy atom. The zero-order valence-corrected chi connectivity index (χ0v) is 18.3. The first-order valence-electron chi connectivity index (χ1n) is 10.7. The highest BCUT2D eigenvalue weighted by Gasteiger charge is 2.38. The fourth-order valence-corrected chi connectivity index (χ4v) is 4.80. The zero-order chi connectivity index (χ0) is 21.5. The van der Waals surface area contributed by atoms with E-state index >= 15 is 0 Å². The van der Waals surface area contributed by atoms with Crippen LogP contribution in [-0.4, -0.2) is 37.1 Å². The van der Waals surface area contributed by atoms with E-state index in [1.165, 1.54) is 0 Å². The molecule has 1 saturated heterocycles. The van der Waals surface area contributed by atoms with Gasteiger partial charge in [0.2, 0.25) is 17.7 Å². The van der Waals surface area contributed by atoms with Gasteiger partial charge in [0.1, 0.15) is 0 Å². The molecule has 3 aliphatic rings. The average molecular weight is 436 g/mol. The second-order valence-electron chi connectivity index (χ2n) is 8.45. The summed E-state index contributed by atoms with van der Waals surface area (Å²) < 4.78 is 0. The molecule has 7 heteroatoms. The van der Waals surface area contributed by atoms with E-state index in [1.54, 1.807) is 16.7 Å². The third kappa shape index (κ3) is 3.94. The first-order chi connectivity index (χ1) is 15.0. The van der Waals surface area contributed by atoms with Crippen molar-refractivity contribution in [1.82, 2.24) is 0 Å². The van der Waals surface area contributed by atoms with Crippen LogP contribution in [0, 0.1) is 11.8 Å². The highest BCUT2D eigenvalue weighted by Crippen LogP contribution is 2.38. The summed E-state index contributed by atoms with van der Waals surface area (Å²) in [5.41, 5.74) is 3.62. The zero-order valence-electron chi connectivity index (χ0n) is 17.5. The number of fused-ring (bicyclic) bond motifs is 1. The van der Waals surface area contributed by atoms with Gasteiger partial charge in [-0.05, 0) is 73.5 Å². The summed E-state index contributed by atoms with van der Waals surface area (Å²) in [7, 11) is 0. The molecule has 1 atom stereocenters. The molecular weight excluding hydrogens is 410 g/mol. The Labute approximate surface area is 186 Å². The number of carbonyl (C=O) groups is 3. The van der Waals surface area contributed by atoms with Gasteiger partial charge in [-0.15, -0.1) is 11.8 Å². The van der Waals surface area contributed by atoms with Crippen molar-refractivity contribution in [2.45, 2.75) is 30.6 Å². The molecule has 1 N–H and O–H groups in total. The number of nitrogens with one attached hydrogen (secondary N) is 1. The molecule has 1 saturated carbocycles. The van der Waals surface area contributed by atoms with Gasteiger partial charge in [-0.25, -0.2) is 0 Å². The van der Waals surface area contributed by atoms with Gasteiger partial charge in [0.05, 0.1) is 5.92 Å². The minimum Gasteiger partial charge on any atom is -0.326 e. The lowest BCUT2D eigenvalue weighted by Crippen LogP contribution is -2.30. The topological polar surface area (TPSA) is 69.7 Å². The maximum absolute atomic E-state index is 12.7. The van der Waals surface area contributed by atoms with Crippen molar-refractivity contribution in [1.29, 1.82) is 0 Å². The van der Waals surface area contributed by atoms with Crippen molar-refractivity contribution in [3.8, 4) is 0 Å². The fourth-order valence-electron chi connectivity index (χ4n) is 4.39. The molecule has 2 aromatic carbocycles. The Morgan fingerprint density at radius 3 is 2.55 bits per heavy atom. The summed E-state index contributed by atoms with van der Waals surface area (Å²) in [4.78, 5) is 42.6. The quantitative estimate of drug-likeness (QED) is 0.727. The van der Waals surface area contributed by atoms with Crippen LogP contribution >= 0.6 is 11.8 Å². The van der Waals surface area contributed by atoms with E-state index in [0.717, 1.165) is 46.8 Å². The molecule has 3 amide bonds. The SMILES string of the molecule is CSc1ccc(NC(=O)[C@@H]2CC(=O)N(c3ccc4c(c3)CCN4C(=O)C3CC3)C2)cc1. The van der Waals surface area contributed by atoms with Gasteiger partial charge in [0.25, 0.3) is 0 Å². The van der Waals surface area contributed by atoms with Gasteiger partial charge in [-0.3, -0.25) is 14.4 Å². The summed E-state index contributed by atoms with van der Waals surface area (Å²) in [6, 6.07) is 13.6. The fraction of sp³-hybridized carbons (Fsp3) is 0.375. The minimum absolute atomic E-state index is 0.0401. The first kappa shape index (κ1) is 20.1. The number of hydrogen-bond donors (Lipinski definition) is 1. The number of carbonyl (C=O) groups excluding carboxylic acids is 3. The van der Waals surface area contributed by atoms with Gasteiger partial charge < -0.3 is 15.1 Å². The highest BCUT2D eigenvalue weighted by molar-refractivity contribution is 7.98. The highest BCUT2D eigenvalue weighted by atomic mass is 32.2. The lowest BCUT2D eigenvalue weighted by Gasteiger charge is -2.20. The molecule has 2 aliphatic heterocycles. The van der Waals surface area contributed by atoms with E-state index in [9.17, 15) is 14.4 Å². The van der Waals surface area contributed by atoms with Gasteiger partial charge >= 0.3 is 0 Å². The summed E-state index contributed by atoms with van der Waals surface area (Å²) in [6.07, 6.45) is 5.01. The van der Waals surface area contributed by atoms with Crippen molar-refractivity contribution in [2.75, 3.05) is 34.5 Å². The molecular formula is C24H25N3O3S. The summed E-state index contributed by atoms with van der Waals surface area (Å²) in [5.74, 6) is -0.126. The predicted octanol–water partition coefficient (Wildman–Crippen LogP) is 3.70. The van der Waals surface area contributed by atoms with Crippen LogP contribution in [0.25, 0.3) is 0 Å². The van der Waals surface area contributed by atoms with E-state index < -0.39 is 0 Å². The summed E-state index contributed by atoms with van der Waals surface area (Å²) in [5, 5.41) is 2.93. The lowest BCUT2D eigenvalue weighted by atomic mass is 10.1. The van der Waals surface area contributed by atoms with Crippen molar-refractivity contribution < 1.29 is 14.4 Å². The lowest BCUT2D eigenvalue weighted by molar-refractivity contribution is -0.122. The Bertz CT molecular complexity index is 1050. The molecule has 160 valence electrons. The number of nitrogens with zero attached hydrogens (tertiary/aromatic N) is 2. The largest absolute Gasteiger partial charge is 0.326 e. The maximum Gasteiger partial charge on any atom is 0.230 e. The van der Waals surface area contributed by atoms with E-state index in [0.29, 0.717) is 13.1 Å². The standard InChI is InChI=1S/C24H25N3O3S/c1-31-20-7-4-18(5-8-20)25-23(29)17-13-22(28)27(14-17)19-6-9-21-16(12-19)10-11-26(21)24(30)15-2-3-15/h4-9,12,15,17H,2-3,10-11,13-14H2,1H3,(H,25,29)/t17-/m1/s1. The van der Waals surface area contributed by atoms with Crippen LogP contribution in [0.3, 0.4) is 0 Å². The van der Waals surface area contributed by atoms with Gasteiger partial charge in [0, 0.05) is 47.4 Å². The van der Waals surface area contributed by atoms with Crippen LogP contribution < -0.4 is 15.1 Å². The second-order valence-corrected chi connectivity index (χ2v) is 9.33. The normalized spacial score (nSPS) is 20.2. The third-order valence-corrected chi connectivity index (χ3v) is 7.06. The number of hydrogen-bond acceptors (Lipinski definition) is 4. The molecule has 6 nitrogen and oxygen atoms in total. The summed E-state index contributed by atoms with van der Waals surface area (Å²) >= 11 is 1.65. The van der Waals surface area contributed by atoms with Crippen molar-refractivity contribution >= 4 is 46.5 Å². The molecule has 0 aromatic heterocycles. The average Bonchev–Trinajstić information content (AvgIpc) is 3.44. The van der Waals surface area contributed by atoms with E-state index in [1.807, 2.05) is 53.6 Å². The predicted molar refractivity (Wildman–Crippen MR) is 123 cm³/mol. The number of amides is 3. The molecule has 5 rings (SSSR count). The van der Waals surface area contributed by atoms with Crippen molar-refractivity contribution in [3.63, 3.8) is 0 Å². The number of benzene rings is 2. The molecule has 0 bridgehead atoms. The third-order valence-electron chi connectivity index (χ3n) is 6.32. The number of anilines is 3. The minimum atomic E-state index is -0.381. The maximum atomic E-state index is 12.7. The van der Waals surface area contributed by atoms with Crippen molar-refractivity contribution in [2.24, 2.45) is 11.8 Å². The van der Waals surface area contributed by atoms with E-state index in [2.05, 4.69) is 5.32 Å². The van der Waals surface area contributed by atoms with Gasteiger partial charge in [-0.2, -0.15) is 0 Å². The molecule has 31 heavy (non-hydrogen) atoms. The van der Waals surface area contributed by atoms with Crippen LogP contribution in [0.2, 0.25) is 0 Å². The number of thioether (sulfide) groups is 1. The van der Waals surface area contributed by atoms with E-state index in [4.69, 9.17) is 0 Å². The second kappa shape index (κ2) is 8.04. The molecule has 0 unspecified atom stereocenters. The van der Waals surface area contributed by atoms with Crippen molar-refractivity contribution in [3.05, 3.63) is 48.0 Å². The Morgan fingerprint density at radius 2 is 1.84 bits per heavy atom. The number of rotatable bonds is 5. The van der Waals surface area contributed by atoms with Crippen LogP contribution in [0.15, 0.2) is 47.4 Å². The van der Waals surface area contributed by atoms with E-state index in [-0.39, 0.29) is 36.0 Å².